The predicted octanol–water partition coefficient (Wildman–Crippen LogP) is 5.42. The number of rotatable bonds is 1. The maximum absolute atomic E-state index is 4.96. The molecule has 0 aromatic carbocycles. The van der Waals surface area contributed by atoms with Gasteiger partial charge >= 0.3 is 37.7 Å². The van der Waals surface area contributed by atoms with Gasteiger partial charge in [-0.3, -0.25) is 0 Å². The summed E-state index contributed by atoms with van der Waals surface area (Å²) in [6.07, 6.45) is 4.88. The molecule has 0 N–H and O–H groups in total. The van der Waals surface area contributed by atoms with E-state index in [0.29, 0.717) is 5.41 Å². The second-order valence-corrected chi connectivity index (χ2v) is 13.4. The Hall–Kier alpha value is 1.15. The number of hydrogen-bond donors (Lipinski definition) is 0. The van der Waals surface area contributed by atoms with E-state index in [9.17, 15) is 0 Å². The molecule has 0 saturated carbocycles. The van der Waals surface area contributed by atoms with Gasteiger partial charge in [-0.25, -0.2) is 0 Å². The summed E-state index contributed by atoms with van der Waals surface area (Å²) in [5.41, 5.74) is 4.21. The molecule has 0 saturated heterocycles. The summed E-state index contributed by atoms with van der Waals surface area (Å²) in [4.78, 5) is 0. The van der Waals surface area contributed by atoms with Crippen molar-refractivity contribution in [2.75, 3.05) is 0 Å². The Labute approximate surface area is 121 Å². The molecule has 16 heavy (non-hydrogen) atoms. The van der Waals surface area contributed by atoms with Gasteiger partial charge in [0, 0.05) is 0 Å². The molecule has 1 aliphatic rings. The first-order valence-electron chi connectivity index (χ1n) is 5.40. The van der Waals surface area contributed by atoms with Crippen LogP contribution in [0.25, 0.3) is 0 Å². The van der Waals surface area contributed by atoms with E-state index in [4.69, 9.17) is 17.2 Å². The van der Waals surface area contributed by atoms with E-state index in [1.54, 1.807) is 5.57 Å². The molecule has 1 rings (SSSR count). The molecule has 0 fully saturated rings. The van der Waals surface area contributed by atoms with Gasteiger partial charge in [-0.1, -0.05) is 51.6 Å². The zero-order valence-corrected chi connectivity index (χ0v) is 17.1. The summed E-state index contributed by atoms with van der Waals surface area (Å²) in [6, 6.07) is 0. The molecule has 1 unspecified atom stereocenters. The van der Waals surface area contributed by atoms with Crippen LogP contribution < -0.4 is 0 Å². The van der Waals surface area contributed by atoms with Gasteiger partial charge in [-0.05, 0) is 23.5 Å². The average molecular weight is 443 g/mol. The van der Waals surface area contributed by atoms with Crippen LogP contribution in [-0.4, -0.2) is 8.80 Å². The van der Waals surface area contributed by atoms with Crippen molar-refractivity contribution in [3.05, 3.63) is 23.3 Å². The van der Waals surface area contributed by atoms with Gasteiger partial charge in [-0.2, -0.15) is 0 Å². The van der Waals surface area contributed by atoms with Gasteiger partial charge in [0.1, 0.15) is 0 Å². The van der Waals surface area contributed by atoms with Crippen LogP contribution in [-0.2, 0) is 20.5 Å². The van der Waals surface area contributed by atoms with Crippen molar-refractivity contribution in [1.82, 2.24) is 0 Å². The molecule has 0 spiro atoms. The van der Waals surface area contributed by atoms with Gasteiger partial charge in [-0.15, -0.1) is 0 Å². The van der Waals surface area contributed by atoms with Gasteiger partial charge in [0.05, 0.1) is 8.80 Å². The minimum atomic E-state index is -0.972. The third kappa shape index (κ3) is 5.66. The summed E-state index contributed by atoms with van der Waals surface area (Å²) in [5.74, 6) is 0. The topological polar surface area (TPSA) is 0 Å². The summed E-state index contributed by atoms with van der Waals surface area (Å²) < 4.78 is 0. The summed E-state index contributed by atoms with van der Waals surface area (Å²) in [5, 5.41) is 0. The Balaban J connectivity index is 0.000000673. The van der Waals surface area contributed by atoms with Gasteiger partial charge in [0.2, 0.25) is 0 Å². The zero-order chi connectivity index (χ0) is 12.9. The van der Waals surface area contributed by atoms with Crippen molar-refractivity contribution in [3.8, 4) is 0 Å². The van der Waals surface area contributed by atoms with Crippen LogP contribution in [0.5, 0.6) is 0 Å². The molecule has 1 atom stereocenters. The first-order valence-corrected chi connectivity index (χ1v) is 16.9. The van der Waals surface area contributed by atoms with E-state index >= 15 is 0 Å². The van der Waals surface area contributed by atoms with E-state index in [2.05, 4.69) is 52.9 Å². The predicted molar refractivity (Wildman–Crippen MR) is 74.2 cm³/mol. The molecule has 0 aromatic heterocycles. The Morgan fingerprint density at radius 2 is 1.69 bits per heavy atom. The van der Waals surface area contributed by atoms with Crippen LogP contribution in [0, 0.1) is 5.41 Å². The fourth-order valence-electron chi connectivity index (χ4n) is 1.78. The van der Waals surface area contributed by atoms with Crippen LogP contribution in [0.1, 0.15) is 27.7 Å². The minimum absolute atomic E-state index is 0.198. The van der Waals surface area contributed by atoms with Crippen LogP contribution in [0.3, 0.4) is 0 Å². The quantitative estimate of drug-likeness (QED) is 0.476. The monoisotopic (exact) mass is 443 g/mol. The first-order chi connectivity index (χ1) is 7.23. The van der Waals surface area contributed by atoms with Gasteiger partial charge in [0.15, 0.2) is 0 Å². The zero-order valence-electron chi connectivity index (χ0n) is 11.0. The third-order valence-corrected chi connectivity index (χ3v) is 4.57. The van der Waals surface area contributed by atoms with Gasteiger partial charge in [0.25, 0.3) is 0 Å². The van der Waals surface area contributed by atoms with Crippen LogP contribution >= 0.6 is 17.2 Å². The fourth-order valence-corrected chi connectivity index (χ4v) is 3.29. The van der Waals surface area contributed by atoms with Gasteiger partial charge < -0.3 is 0 Å². The molecule has 0 aromatic rings. The molecular formula is C12H21Cl2HfSi. The van der Waals surface area contributed by atoms with Crippen LogP contribution in [0.4, 0.5) is 0 Å². The van der Waals surface area contributed by atoms with E-state index in [1.165, 1.54) is 5.57 Å². The molecule has 0 bridgehead atoms. The Bertz CT molecular complexity index is 277. The normalized spacial score (nSPS) is 19.9. The SMILES string of the molecule is CC1=CC(C(C)(C)C)=CC1[Si](C)C.[Cl][Hf][Cl]. The number of hydrogen-bond acceptors (Lipinski definition) is 0. The summed E-state index contributed by atoms with van der Waals surface area (Å²) in [6.45, 7) is 14.0. The molecule has 1 radical (unpaired) electrons. The standard InChI is InChI=1S/C12H21Si.2ClH.Hf/c1-9-7-10(12(2,3)4)8-11(9)13(5)6;;;/h7-8,11H,1-6H3;2*1H;/q;;;+2/p-2. The van der Waals surface area contributed by atoms with Crippen molar-refractivity contribution in [3.63, 3.8) is 0 Å². The molecule has 0 amide bonds. The van der Waals surface area contributed by atoms with Crippen molar-refractivity contribution in [2.45, 2.75) is 46.3 Å². The average Bonchev–Trinajstić information content (AvgIpc) is 2.47. The molecule has 0 aliphatic heterocycles. The second-order valence-electron chi connectivity index (χ2n) is 5.39. The number of halogens is 2. The summed E-state index contributed by atoms with van der Waals surface area (Å²) in [7, 11) is 9.72. The summed E-state index contributed by atoms with van der Waals surface area (Å²) >= 11 is -0.972. The van der Waals surface area contributed by atoms with Crippen molar-refractivity contribution in [2.24, 2.45) is 5.41 Å². The molecule has 0 nitrogen and oxygen atoms in total. The van der Waals surface area contributed by atoms with Crippen molar-refractivity contribution < 1.29 is 20.5 Å². The van der Waals surface area contributed by atoms with Crippen molar-refractivity contribution in [1.29, 1.82) is 0 Å². The van der Waals surface area contributed by atoms with E-state index in [1.807, 2.05) is 0 Å². The van der Waals surface area contributed by atoms with Crippen LogP contribution in [0.2, 0.25) is 18.6 Å². The molecule has 0 heterocycles. The van der Waals surface area contributed by atoms with Crippen molar-refractivity contribution >= 4 is 26.0 Å². The van der Waals surface area contributed by atoms with E-state index in [0.717, 1.165) is 5.54 Å². The molecular weight excluding hydrogens is 422 g/mol. The number of allylic oxidation sites excluding steroid dienone is 4. The maximum atomic E-state index is 4.96. The molecule has 4 heteroatoms. The van der Waals surface area contributed by atoms with Crippen LogP contribution in [0.15, 0.2) is 23.3 Å². The van der Waals surface area contributed by atoms with E-state index < -0.39 is 20.5 Å². The Morgan fingerprint density at radius 3 is 1.88 bits per heavy atom. The Kier molecular flexibility index (Phi) is 8.09. The first kappa shape index (κ1) is 17.1. The molecule has 1 aliphatic carbocycles. The fraction of sp³-hybridized carbons (Fsp3) is 0.667. The second kappa shape index (κ2) is 7.55. The molecule has 91 valence electrons. The Morgan fingerprint density at radius 1 is 1.25 bits per heavy atom. The third-order valence-electron chi connectivity index (χ3n) is 2.71. The van der Waals surface area contributed by atoms with E-state index in [-0.39, 0.29) is 8.80 Å².